The van der Waals surface area contributed by atoms with Crippen molar-refractivity contribution in [1.82, 2.24) is 4.98 Å². The van der Waals surface area contributed by atoms with Crippen molar-refractivity contribution in [1.29, 1.82) is 0 Å². The first-order valence-electron chi connectivity index (χ1n) is 6.54. The molecule has 0 spiro atoms. The van der Waals surface area contributed by atoms with Crippen molar-refractivity contribution in [3.05, 3.63) is 33.0 Å². The van der Waals surface area contributed by atoms with E-state index in [1.807, 2.05) is 0 Å². The molecule has 1 aliphatic carbocycles. The molecular weight excluding hydrogens is 335 g/mol. The topological polar surface area (TPSA) is 24.9 Å². The second kappa shape index (κ2) is 4.68. The van der Waals surface area contributed by atoms with Crippen LogP contribution in [0.5, 0.6) is 0 Å². The summed E-state index contributed by atoms with van der Waals surface area (Å²) >= 11 is 2.40. The van der Waals surface area contributed by atoms with Gasteiger partial charge in [-0.3, -0.25) is 4.98 Å². The Labute approximate surface area is 121 Å². The van der Waals surface area contributed by atoms with Gasteiger partial charge >= 0.3 is 0 Å². The minimum atomic E-state index is 0.698. The van der Waals surface area contributed by atoms with Crippen molar-refractivity contribution in [2.45, 2.75) is 32.6 Å². The van der Waals surface area contributed by atoms with Crippen molar-refractivity contribution >= 4 is 39.2 Å². The van der Waals surface area contributed by atoms with Gasteiger partial charge in [-0.25, -0.2) is 0 Å². The van der Waals surface area contributed by atoms with Gasteiger partial charge in [-0.15, -0.1) is 0 Å². The number of nitrogens with zero attached hydrogens (tertiary/aromatic N) is 1. The fraction of sp³-hybridized carbons (Fsp3) is 0.400. The average molecular weight is 352 g/mol. The zero-order valence-electron chi connectivity index (χ0n) is 10.8. The summed E-state index contributed by atoms with van der Waals surface area (Å²) in [5.41, 5.74) is 4.95. The smallest absolute Gasteiger partial charge is 0.0766 e. The van der Waals surface area contributed by atoms with Gasteiger partial charge in [0.15, 0.2) is 0 Å². The lowest BCUT2D eigenvalue weighted by atomic mass is 10.1. The van der Waals surface area contributed by atoms with E-state index in [2.05, 4.69) is 60.0 Å². The summed E-state index contributed by atoms with van der Waals surface area (Å²) in [4.78, 5) is 4.90. The van der Waals surface area contributed by atoms with Crippen molar-refractivity contribution in [3.63, 3.8) is 0 Å². The molecule has 94 valence electrons. The molecule has 0 bridgehead atoms. The Hall–Kier alpha value is -0.840. The van der Waals surface area contributed by atoms with Gasteiger partial charge in [0.25, 0.3) is 0 Å². The molecule has 0 atom stereocenters. The first-order chi connectivity index (χ1) is 8.70. The zero-order chi connectivity index (χ0) is 12.7. The second-order valence-corrected chi connectivity index (χ2v) is 6.15. The molecular formula is C15H17IN2. The summed E-state index contributed by atoms with van der Waals surface area (Å²) in [5, 5.41) is 4.78. The van der Waals surface area contributed by atoms with Crippen LogP contribution in [0.4, 0.5) is 5.69 Å². The number of aromatic nitrogens is 1. The van der Waals surface area contributed by atoms with Crippen molar-refractivity contribution in [3.8, 4) is 0 Å². The van der Waals surface area contributed by atoms with Crippen LogP contribution >= 0.6 is 22.6 Å². The van der Waals surface area contributed by atoms with Crippen LogP contribution in [0.1, 0.15) is 36.9 Å². The molecule has 1 fully saturated rings. The molecule has 3 rings (SSSR count). The van der Waals surface area contributed by atoms with E-state index in [1.54, 1.807) is 0 Å². The number of benzene rings is 1. The van der Waals surface area contributed by atoms with Gasteiger partial charge in [0.2, 0.25) is 0 Å². The lowest BCUT2D eigenvalue weighted by Crippen LogP contribution is -2.02. The number of nitrogens with one attached hydrogen (secondary N) is 1. The molecule has 0 saturated heterocycles. The molecule has 2 aromatic rings. The zero-order valence-corrected chi connectivity index (χ0v) is 12.9. The molecule has 18 heavy (non-hydrogen) atoms. The van der Waals surface area contributed by atoms with E-state index in [1.165, 1.54) is 44.3 Å². The predicted molar refractivity (Wildman–Crippen MR) is 85.3 cm³/mol. The number of hydrogen-bond donors (Lipinski definition) is 1. The molecule has 0 amide bonds. The molecule has 2 nitrogen and oxygen atoms in total. The van der Waals surface area contributed by atoms with Crippen LogP contribution in [0, 0.1) is 10.5 Å². The van der Waals surface area contributed by atoms with Gasteiger partial charge < -0.3 is 5.32 Å². The predicted octanol–water partition coefficient (Wildman–Crippen LogP) is 4.46. The van der Waals surface area contributed by atoms with Gasteiger partial charge in [-0.05, 0) is 67.0 Å². The number of fused-ring (bicyclic) bond motifs is 1. The maximum atomic E-state index is 4.90. The number of hydrogen-bond acceptors (Lipinski definition) is 2. The van der Waals surface area contributed by atoms with Crippen LogP contribution < -0.4 is 5.32 Å². The van der Waals surface area contributed by atoms with Crippen LogP contribution in [-0.4, -0.2) is 11.5 Å². The summed E-state index contributed by atoms with van der Waals surface area (Å²) in [7, 11) is 0. The summed E-state index contributed by atoms with van der Waals surface area (Å²) in [6, 6.07) is 6.60. The average Bonchev–Trinajstić information content (AvgIpc) is 3.18. The van der Waals surface area contributed by atoms with E-state index in [0.717, 1.165) is 6.54 Å². The highest BCUT2D eigenvalue weighted by atomic mass is 127. The number of anilines is 1. The largest absolute Gasteiger partial charge is 0.385 e. The summed E-state index contributed by atoms with van der Waals surface area (Å²) in [6.45, 7) is 5.25. The number of rotatable bonds is 3. The van der Waals surface area contributed by atoms with E-state index >= 15 is 0 Å². The molecule has 1 saturated carbocycles. The van der Waals surface area contributed by atoms with Gasteiger partial charge in [-0.2, -0.15) is 0 Å². The van der Waals surface area contributed by atoms with Gasteiger partial charge in [0, 0.05) is 32.8 Å². The molecule has 1 aliphatic rings. The van der Waals surface area contributed by atoms with E-state index in [-0.39, 0.29) is 0 Å². The van der Waals surface area contributed by atoms with Crippen LogP contribution in [0.15, 0.2) is 18.2 Å². The Morgan fingerprint density at radius 2 is 2.17 bits per heavy atom. The summed E-state index contributed by atoms with van der Waals surface area (Å²) in [6.07, 6.45) is 2.60. The number of aryl methyl sites for hydroxylation is 1. The van der Waals surface area contributed by atoms with Gasteiger partial charge in [0.1, 0.15) is 0 Å². The molecule has 3 heteroatoms. The van der Waals surface area contributed by atoms with E-state index < -0.39 is 0 Å². The highest BCUT2D eigenvalue weighted by Gasteiger charge is 2.26. The van der Waals surface area contributed by atoms with E-state index in [9.17, 15) is 0 Å². The Morgan fingerprint density at radius 1 is 1.39 bits per heavy atom. The highest BCUT2D eigenvalue weighted by molar-refractivity contribution is 14.1. The molecule has 0 aliphatic heterocycles. The molecule has 0 radical (unpaired) electrons. The number of pyridine rings is 1. The lowest BCUT2D eigenvalue weighted by Gasteiger charge is -2.13. The summed E-state index contributed by atoms with van der Waals surface area (Å²) in [5.74, 6) is 0.698. The lowest BCUT2D eigenvalue weighted by molar-refractivity contribution is 1.04. The highest BCUT2D eigenvalue weighted by Crippen LogP contribution is 2.42. The Balaban J connectivity index is 2.29. The molecule has 1 aromatic heterocycles. The Morgan fingerprint density at radius 3 is 2.83 bits per heavy atom. The van der Waals surface area contributed by atoms with Crippen molar-refractivity contribution in [2.75, 3.05) is 11.9 Å². The van der Waals surface area contributed by atoms with E-state index in [4.69, 9.17) is 4.98 Å². The van der Waals surface area contributed by atoms with Crippen LogP contribution in [-0.2, 0) is 0 Å². The van der Waals surface area contributed by atoms with Gasteiger partial charge in [-0.1, -0.05) is 6.07 Å². The third kappa shape index (κ3) is 2.09. The standard InChI is InChI=1S/C15H17IN2/c1-3-17-13-8-12(10-5-6-10)18-15-9(2)4-7-11(16)14(13)15/h4,7-8,10H,3,5-6H2,1-2H3,(H,17,18). The fourth-order valence-electron chi connectivity index (χ4n) is 2.37. The molecule has 1 heterocycles. The minimum Gasteiger partial charge on any atom is -0.385 e. The molecule has 1 N–H and O–H groups in total. The maximum absolute atomic E-state index is 4.90. The molecule has 0 unspecified atom stereocenters. The van der Waals surface area contributed by atoms with Gasteiger partial charge in [0.05, 0.1) is 5.52 Å². The first kappa shape index (κ1) is 12.2. The van der Waals surface area contributed by atoms with Crippen LogP contribution in [0.25, 0.3) is 10.9 Å². The SMILES string of the molecule is CCNc1cc(C2CC2)nc2c(C)ccc(I)c12. The second-order valence-electron chi connectivity index (χ2n) is 4.99. The summed E-state index contributed by atoms with van der Waals surface area (Å²) < 4.78 is 1.28. The monoisotopic (exact) mass is 352 g/mol. The van der Waals surface area contributed by atoms with Crippen molar-refractivity contribution < 1.29 is 0 Å². The Kier molecular flexibility index (Phi) is 3.18. The maximum Gasteiger partial charge on any atom is 0.0766 e. The fourth-order valence-corrected chi connectivity index (χ4v) is 3.10. The normalized spacial score (nSPS) is 15.1. The van der Waals surface area contributed by atoms with Crippen LogP contribution in [0.2, 0.25) is 0 Å². The quantitative estimate of drug-likeness (QED) is 0.826. The Bertz CT molecular complexity index is 603. The van der Waals surface area contributed by atoms with Crippen LogP contribution in [0.3, 0.4) is 0 Å². The first-order valence-corrected chi connectivity index (χ1v) is 7.62. The third-order valence-electron chi connectivity index (χ3n) is 3.49. The van der Waals surface area contributed by atoms with Crippen molar-refractivity contribution in [2.24, 2.45) is 0 Å². The minimum absolute atomic E-state index is 0.698. The number of halogens is 1. The molecule has 1 aromatic carbocycles. The third-order valence-corrected chi connectivity index (χ3v) is 4.39. The van der Waals surface area contributed by atoms with E-state index in [0.29, 0.717) is 5.92 Å².